The Labute approximate surface area is 114 Å². The first kappa shape index (κ1) is 12.9. The molecule has 0 atom stereocenters. The van der Waals surface area contributed by atoms with Gasteiger partial charge in [-0.25, -0.2) is 0 Å². The normalized spacial score (nSPS) is 10.3. The zero-order valence-electron chi connectivity index (χ0n) is 9.74. The molecule has 18 heavy (non-hydrogen) atoms. The molecule has 1 aromatic carbocycles. The molecule has 94 valence electrons. The second-order valence-corrected chi connectivity index (χ2v) is 5.07. The molecule has 1 heterocycles. The van der Waals surface area contributed by atoms with E-state index >= 15 is 0 Å². The number of halogens is 1. The van der Waals surface area contributed by atoms with Crippen LogP contribution in [0.25, 0.3) is 0 Å². The summed E-state index contributed by atoms with van der Waals surface area (Å²) in [5.41, 5.74) is 1.55. The van der Waals surface area contributed by atoms with Crippen molar-refractivity contribution in [1.82, 2.24) is 0 Å². The molecule has 3 nitrogen and oxygen atoms in total. The highest BCUT2D eigenvalue weighted by Crippen LogP contribution is 2.27. The third kappa shape index (κ3) is 2.66. The lowest BCUT2D eigenvalue weighted by molar-refractivity contribution is 0.103. The smallest absolute Gasteiger partial charge is 0.266 e. The molecule has 0 unspecified atom stereocenters. The van der Waals surface area contributed by atoms with Gasteiger partial charge in [-0.3, -0.25) is 4.79 Å². The number of hydrogen-bond acceptors (Lipinski definition) is 3. The van der Waals surface area contributed by atoms with Crippen molar-refractivity contribution in [2.75, 3.05) is 5.32 Å². The Kier molecular flexibility index (Phi) is 3.89. The van der Waals surface area contributed by atoms with Crippen LogP contribution in [-0.4, -0.2) is 11.0 Å². The number of nitrogens with one attached hydrogen (secondary N) is 1. The number of aryl methyl sites for hydroxylation is 1. The SMILES string of the molecule is CCc1ccsc1C(=O)Nc1ccc(Cl)c(O)c1. The summed E-state index contributed by atoms with van der Waals surface area (Å²) >= 11 is 7.11. The van der Waals surface area contributed by atoms with E-state index in [1.54, 1.807) is 12.1 Å². The first-order valence-corrected chi connectivity index (χ1v) is 6.73. The number of phenols is 1. The molecule has 0 saturated heterocycles. The number of rotatable bonds is 3. The third-order valence-electron chi connectivity index (χ3n) is 2.54. The number of carbonyl (C=O) groups excluding carboxylic acids is 1. The zero-order valence-corrected chi connectivity index (χ0v) is 11.3. The molecule has 1 amide bonds. The van der Waals surface area contributed by atoms with Crippen LogP contribution in [0, 0.1) is 0 Å². The van der Waals surface area contributed by atoms with Gasteiger partial charge in [0.25, 0.3) is 5.91 Å². The van der Waals surface area contributed by atoms with Gasteiger partial charge in [0.1, 0.15) is 5.75 Å². The average molecular weight is 282 g/mol. The van der Waals surface area contributed by atoms with E-state index < -0.39 is 0 Å². The van der Waals surface area contributed by atoms with E-state index in [0.29, 0.717) is 10.6 Å². The highest BCUT2D eigenvalue weighted by molar-refractivity contribution is 7.12. The number of benzene rings is 1. The molecule has 2 aromatic rings. The van der Waals surface area contributed by atoms with E-state index in [1.807, 2.05) is 18.4 Å². The van der Waals surface area contributed by atoms with Crippen molar-refractivity contribution in [3.63, 3.8) is 0 Å². The molecule has 2 rings (SSSR count). The van der Waals surface area contributed by atoms with Crippen LogP contribution in [-0.2, 0) is 6.42 Å². The molecule has 0 aliphatic carbocycles. The summed E-state index contributed by atoms with van der Waals surface area (Å²) in [6.45, 7) is 2.01. The van der Waals surface area contributed by atoms with Gasteiger partial charge in [-0.1, -0.05) is 18.5 Å². The molecule has 1 aromatic heterocycles. The van der Waals surface area contributed by atoms with Gasteiger partial charge in [-0.05, 0) is 35.6 Å². The van der Waals surface area contributed by atoms with Gasteiger partial charge in [0, 0.05) is 11.8 Å². The Morgan fingerprint density at radius 3 is 2.89 bits per heavy atom. The van der Waals surface area contributed by atoms with Gasteiger partial charge in [-0.2, -0.15) is 0 Å². The van der Waals surface area contributed by atoms with Gasteiger partial charge in [0.05, 0.1) is 9.90 Å². The van der Waals surface area contributed by atoms with E-state index in [2.05, 4.69) is 5.32 Å². The lowest BCUT2D eigenvalue weighted by atomic mass is 10.2. The van der Waals surface area contributed by atoms with Gasteiger partial charge >= 0.3 is 0 Å². The molecule has 0 spiro atoms. The molecule has 2 N–H and O–H groups in total. The highest BCUT2D eigenvalue weighted by atomic mass is 35.5. The third-order valence-corrected chi connectivity index (χ3v) is 3.81. The predicted octanol–water partition coefficient (Wildman–Crippen LogP) is 3.92. The van der Waals surface area contributed by atoms with Crippen LogP contribution < -0.4 is 5.32 Å². The van der Waals surface area contributed by atoms with Crippen molar-refractivity contribution in [1.29, 1.82) is 0 Å². The Hall–Kier alpha value is -1.52. The summed E-state index contributed by atoms with van der Waals surface area (Å²) in [5, 5.41) is 14.4. The van der Waals surface area contributed by atoms with E-state index in [0.717, 1.165) is 12.0 Å². The maximum atomic E-state index is 12.0. The maximum absolute atomic E-state index is 12.0. The topological polar surface area (TPSA) is 49.3 Å². The zero-order chi connectivity index (χ0) is 13.1. The van der Waals surface area contributed by atoms with Crippen LogP contribution in [0.1, 0.15) is 22.2 Å². The Morgan fingerprint density at radius 1 is 1.44 bits per heavy atom. The molecule has 0 bridgehead atoms. The second-order valence-electron chi connectivity index (χ2n) is 3.75. The second kappa shape index (κ2) is 5.42. The summed E-state index contributed by atoms with van der Waals surface area (Å²) < 4.78 is 0. The number of amides is 1. The van der Waals surface area contributed by atoms with Crippen molar-refractivity contribution in [3.8, 4) is 5.75 Å². The number of phenolic OH excluding ortho intramolecular Hbond substituents is 1. The van der Waals surface area contributed by atoms with Gasteiger partial charge in [0.15, 0.2) is 0 Å². The van der Waals surface area contributed by atoms with Crippen molar-refractivity contribution in [2.45, 2.75) is 13.3 Å². The Balaban J connectivity index is 2.19. The van der Waals surface area contributed by atoms with Crippen LogP contribution >= 0.6 is 22.9 Å². The maximum Gasteiger partial charge on any atom is 0.266 e. The quantitative estimate of drug-likeness (QED) is 0.896. The molecular formula is C13H12ClNO2S. The van der Waals surface area contributed by atoms with Crippen LogP contribution in [0.3, 0.4) is 0 Å². The lowest BCUT2D eigenvalue weighted by Crippen LogP contribution is -2.11. The number of carbonyl (C=O) groups is 1. The van der Waals surface area contributed by atoms with E-state index in [-0.39, 0.29) is 16.7 Å². The van der Waals surface area contributed by atoms with Crippen molar-refractivity contribution < 1.29 is 9.90 Å². The first-order valence-electron chi connectivity index (χ1n) is 5.48. The summed E-state index contributed by atoms with van der Waals surface area (Å²) in [4.78, 5) is 12.7. The van der Waals surface area contributed by atoms with Crippen LogP contribution in [0.2, 0.25) is 5.02 Å². The van der Waals surface area contributed by atoms with Crippen molar-refractivity contribution >= 4 is 34.5 Å². The summed E-state index contributed by atoms with van der Waals surface area (Å²) in [6.07, 6.45) is 0.818. The number of anilines is 1. The molecule has 0 aliphatic rings. The number of thiophene rings is 1. The van der Waals surface area contributed by atoms with E-state index in [1.165, 1.54) is 17.4 Å². The summed E-state index contributed by atoms with van der Waals surface area (Å²) in [7, 11) is 0. The average Bonchev–Trinajstić information content (AvgIpc) is 2.82. The summed E-state index contributed by atoms with van der Waals surface area (Å²) in [5.74, 6) is -0.208. The standard InChI is InChI=1S/C13H12ClNO2S/c1-2-8-5-6-18-12(8)13(17)15-9-3-4-10(14)11(16)7-9/h3-7,16H,2H2,1H3,(H,15,17). The Morgan fingerprint density at radius 2 is 2.22 bits per heavy atom. The van der Waals surface area contributed by atoms with Gasteiger partial charge < -0.3 is 10.4 Å². The van der Waals surface area contributed by atoms with Crippen LogP contribution in [0.4, 0.5) is 5.69 Å². The Bertz CT molecular complexity index is 580. The van der Waals surface area contributed by atoms with E-state index in [4.69, 9.17) is 11.6 Å². The van der Waals surface area contributed by atoms with Crippen LogP contribution in [0.15, 0.2) is 29.6 Å². The minimum atomic E-state index is -0.163. The largest absolute Gasteiger partial charge is 0.506 e. The minimum Gasteiger partial charge on any atom is -0.506 e. The number of aromatic hydroxyl groups is 1. The minimum absolute atomic E-state index is 0.0450. The van der Waals surface area contributed by atoms with Crippen molar-refractivity contribution in [2.24, 2.45) is 0 Å². The first-order chi connectivity index (χ1) is 8.61. The van der Waals surface area contributed by atoms with Crippen LogP contribution in [0.5, 0.6) is 5.75 Å². The summed E-state index contributed by atoms with van der Waals surface area (Å²) in [6, 6.07) is 6.57. The fourth-order valence-corrected chi connectivity index (χ4v) is 2.60. The molecule has 0 fully saturated rings. The fraction of sp³-hybridized carbons (Fsp3) is 0.154. The molecule has 0 radical (unpaired) electrons. The molecule has 5 heteroatoms. The molecule has 0 aliphatic heterocycles. The molecular weight excluding hydrogens is 270 g/mol. The monoisotopic (exact) mass is 281 g/mol. The van der Waals surface area contributed by atoms with Crippen molar-refractivity contribution in [3.05, 3.63) is 45.1 Å². The predicted molar refractivity (Wildman–Crippen MR) is 74.8 cm³/mol. The van der Waals surface area contributed by atoms with Gasteiger partial charge in [0.2, 0.25) is 0 Å². The fourth-order valence-electron chi connectivity index (χ4n) is 1.59. The highest BCUT2D eigenvalue weighted by Gasteiger charge is 2.12. The molecule has 0 saturated carbocycles. The van der Waals surface area contributed by atoms with Gasteiger partial charge in [-0.15, -0.1) is 11.3 Å². The lowest BCUT2D eigenvalue weighted by Gasteiger charge is -2.06. The van der Waals surface area contributed by atoms with E-state index in [9.17, 15) is 9.90 Å². The number of hydrogen-bond donors (Lipinski definition) is 2.